The van der Waals surface area contributed by atoms with Crippen molar-refractivity contribution in [2.24, 2.45) is 15.4 Å². The second-order valence-electron chi connectivity index (χ2n) is 9.83. The quantitative estimate of drug-likeness (QED) is 0.444. The number of nitrogens with zero attached hydrogens (tertiary/aromatic N) is 4. The van der Waals surface area contributed by atoms with Crippen molar-refractivity contribution < 1.29 is 4.39 Å². The fraction of sp³-hybridized carbons (Fsp3) is 0.385. The van der Waals surface area contributed by atoms with Crippen LogP contribution in [-0.4, -0.2) is 29.9 Å². The van der Waals surface area contributed by atoms with Crippen LogP contribution < -0.4 is 0 Å². The molecule has 0 bridgehead atoms. The molecule has 0 aliphatic carbocycles. The highest BCUT2D eigenvalue weighted by Gasteiger charge is 2.26. The molecular formula is C26H31FN4. The van der Waals surface area contributed by atoms with Gasteiger partial charge < -0.3 is 0 Å². The predicted octanol–water partition coefficient (Wildman–Crippen LogP) is 6.26. The Kier molecular flexibility index (Phi) is 6.35. The van der Waals surface area contributed by atoms with Crippen LogP contribution in [0.2, 0.25) is 0 Å². The van der Waals surface area contributed by atoms with Crippen molar-refractivity contribution in [2.45, 2.75) is 52.9 Å². The van der Waals surface area contributed by atoms with Gasteiger partial charge in [-0.3, -0.25) is 9.98 Å². The smallest absolute Gasteiger partial charge is 0.149 e. The summed E-state index contributed by atoms with van der Waals surface area (Å²) in [5, 5.41) is 0.781. The molecular weight excluding hydrogens is 387 g/mol. The van der Waals surface area contributed by atoms with Crippen molar-refractivity contribution in [3.8, 4) is 0 Å². The lowest BCUT2D eigenvalue weighted by Crippen LogP contribution is -2.22. The number of para-hydroxylation sites is 1. The Labute approximate surface area is 184 Å². The van der Waals surface area contributed by atoms with Gasteiger partial charge in [0.05, 0.1) is 11.4 Å². The molecule has 0 amide bonds. The Bertz CT molecular complexity index is 1140. The molecule has 162 valence electrons. The highest BCUT2D eigenvalue weighted by atomic mass is 19.1. The summed E-state index contributed by atoms with van der Waals surface area (Å²) in [5.74, 6) is 0.365. The molecule has 0 radical (unpaired) electrons. The molecule has 0 atom stereocenters. The van der Waals surface area contributed by atoms with Crippen LogP contribution >= 0.6 is 0 Å². The molecule has 0 unspecified atom stereocenters. The van der Waals surface area contributed by atoms with Gasteiger partial charge in [0, 0.05) is 36.0 Å². The van der Waals surface area contributed by atoms with Crippen molar-refractivity contribution in [1.82, 2.24) is 9.97 Å². The maximum Gasteiger partial charge on any atom is 0.149 e. The van der Waals surface area contributed by atoms with Crippen LogP contribution in [0.25, 0.3) is 10.9 Å². The molecule has 0 spiro atoms. The van der Waals surface area contributed by atoms with Crippen LogP contribution in [0, 0.1) is 11.2 Å². The number of halogens is 1. The average molecular weight is 419 g/mol. The van der Waals surface area contributed by atoms with Crippen LogP contribution in [0.5, 0.6) is 0 Å². The van der Waals surface area contributed by atoms with E-state index in [4.69, 9.17) is 4.98 Å². The summed E-state index contributed by atoms with van der Waals surface area (Å²) in [6.45, 7) is 14.3. The van der Waals surface area contributed by atoms with E-state index in [9.17, 15) is 4.39 Å². The number of aliphatic imine (C=N–C) groups is 2. The standard InChI is InChI=1S/C26H31FN4/c1-25(2,3)24-19-9-8-10-20(27)23(19)30-22(31-24)15-26(4,5)14-17-11-12-18(16-28-6)21(13-17)29-7/h8-13,16H,7,14-15H2,1-6H3/b28-16-. The van der Waals surface area contributed by atoms with Crippen LogP contribution in [0.3, 0.4) is 0 Å². The second kappa shape index (κ2) is 8.66. The lowest BCUT2D eigenvalue weighted by Gasteiger charge is -2.26. The number of rotatable bonds is 6. The van der Waals surface area contributed by atoms with E-state index in [1.807, 2.05) is 18.2 Å². The molecule has 0 N–H and O–H groups in total. The minimum Gasteiger partial charge on any atom is -0.296 e. The van der Waals surface area contributed by atoms with Crippen LogP contribution in [0.4, 0.5) is 10.1 Å². The van der Waals surface area contributed by atoms with Gasteiger partial charge in [-0.25, -0.2) is 14.4 Å². The molecule has 0 saturated carbocycles. The van der Waals surface area contributed by atoms with Crippen LogP contribution in [0.15, 0.2) is 46.4 Å². The first-order chi connectivity index (χ1) is 14.5. The Morgan fingerprint density at radius 3 is 2.42 bits per heavy atom. The highest BCUT2D eigenvalue weighted by molar-refractivity contribution is 5.87. The molecule has 1 aromatic heterocycles. The predicted molar refractivity (Wildman–Crippen MR) is 129 cm³/mol. The average Bonchev–Trinajstić information content (AvgIpc) is 2.68. The molecule has 0 saturated heterocycles. The molecule has 31 heavy (non-hydrogen) atoms. The number of hydrogen-bond donors (Lipinski definition) is 0. The third-order valence-electron chi connectivity index (χ3n) is 5.29. The van der Waals surface area contributed by atoms with E-state index >= 15 is 0 Å². The third-order valence-corrected chi connectivity index (χ3v) is 5.29. The van der Waals surface area contributed by atoms with Crippen molar-refractivity contribution in [1.29, 1.82) is 0 Å². The zero-order valence-electron chi connectivity index (χ0n) is 19.3. The van der Waals surface area contributed by atoms with Crippen molar-refractivity contribution in [2.75, 3.05) is 7.05 Å². The number of benzene rings is 2. The molecule has 3 aromatic rings. The van der Waals surface area contributed by atoms with Gasteiger partial charge in [-0.1, -0.05) is 58.9 Å². The zero-order chi connectivity index (χ0) is 22.8. The molecule has 2 aromatic carbocycles. The SMILES string of the molecule is C=Nc1cc(CC(C)(C)Cc2nc(C(C)(C)C)c3cccc(F)c3n2)ccc1/C=N\C. The number of fused-ring (bicyclic) bond motifs is 1. The Hall–Kier alpha value is -2.95. The fourth-order valence-corrected chi connectivity index (χ4v) is 3.94. The Morgan fingerprint density at radius 2 is 1.77 bits per heavy atom. The van der Waals surface area contributed by atoms with Gasteiger partial charge in [-0.2, -0.15) is 0 Å². The lowest BCUT2D eigenvalue weighted by molar-refractivity contribution is 0.351. The van der Waals surface area contributed by atoms with E-state index in [1.54, 1.807) is 19.3 Å². The lowest BCUT2D eigenvalue weighted by atomic mass is 9.81. The molecule has 3 rings (SSSR count). The first-order valence-electron chi connectivity index (χ1n) is 10.5. The minimum atomic E-state index is -0.306. The minimum absolute atomic E-state index is 0.132. The second-order valence-corrected chi connectivity index (χ2v) is 9.83. The number of aromatic nitrogens is 2. The summed E-state index contributed by atoms with van der Waals surface area (Å²) in [6, 6.07) is 11.2. The molecule has 0 aliphatic heterocycles. The van der Waals surface area contributed by atoms with Gasteiger partial charge in [-0.15, -0.1) is 0 Å². The van der Waals surface area contributed by atoms with E-state index in [2.05, 4.69) is 62.4 Å². The number of hydrogen-bond acceptors (Lipinski definition) is 4. The van der Waals surface area contributed by atoms with E-state index in [0.29, 0.717) is 17.8 Å². The first kappa shape index (κ1) is 22.7. The van der Waals surface area contributed by atoms with E-state index in [1.165, 1.54) is 6.07 Å². The first-order valence-corrected chi connectivity index (χ1v) is 10.5. The summed E-state index contributed by atoms with van der Waals surface area (Å²) in [4.78, 5) is 17.7. The molecule has 5 heteroatoms. The molecule has 0 aliphatic rings. The monoisotopic (exact) mass is 418 g/mol. The van der Waals surface area contributed by atoms with Crippen molar-refractivity contribution >= 4 is 29.5 Å². The van der Waals surface area contributed by atoms with Crippen LogP contribution in [-0.2, 0) is 18.3 Å². The highest BCUT2D eigenvalue weighted by Crippen LogP contribution is 2.32. The summed E-state index contributed by atoms with van der Waals surface area (Å²) in [5.41, 5.74) is 3.85. The zero-order valence-corrected chi connectivity index (χ0v) is 19.3. The molecule has 0 fully saturated rings. The Balaban J connectivity index is 1.96. The van der Waals surface area contributed by atoms with Gasteiger partial charge in [0.15, 0.2) is 0 Å². The van der Waals surface area contributed by atoms with Gasteiger partial charge in [-0.05, 0) is 36.2 Å². The Morgan fingerprint density at radius 1 is 1.03 bits per heavy atom. The summed E-state index contributed by atoms with van der Waals surface area (Å²) < 4.78 is 14.6. The molecule has 1 heterocycles. The van der Waals surface area contributed by atoms with E-state index in [0.717, 1.165) is 34.3 Å². The van der Waals surface area contributed by atoms with Gasteiger partial charge >= 0.3 is 0 Å². The maximum absolute atomic E-state index is 14.6. The largest absolute Gasteiger partial charge is 0.296 e. The van der Waals surface area contributed by atoms with Gasteiger partial charge in [0.1, 0.15) is 17.2 Å². The van der Waals surface area contributed by atoms with Crippen LogP contribution in [0.1, 0.15) is 57.3 Å². The normalized spacial score (nSPS) is 12.6. The van der Waals surface area contributed by atoms with E-state index < -0.39 is 0 Å². The summed E-state index contributed by atoms with van der Waals surface area (Å²) >= 11 is 0. The summed E-state index contributed by atoms with van der Waals surface area (Å²) in [6.07, 6.45) is 3.22. The third kappa shape index (κ3) is 5.22. The van der Waals surface area contributed by atoms with Crippen molar-refractivity contribution in [3.63, 3.8) is 0 Å². The van der Waals surface area contributed by atoms with E-state index in [-0.39, 0.29) is 16.6 Å². The van der Waals surface area contributed by atoms with Gasteiger partial charge in [0.25, 0.3) is 0 Å². The maximum atomic E-state index is 14.6. The van der Waals surface area contributed by atoms with Gasteiger partial charge in [0.2, 0.25) is 0 Å². The molecule has 4 nitrogen and oxygen atoms in total. The van der Waals surface area contributed by atoms with Crippen molar-refractivity contribution in [3.05, 3.63) is 64.9 Å². The summed E-state index contributed by atoms with van der Waals surface area (Å²) in [7, 11) is 1.74. The fourth-order valence-electron chi connectivity index (χ4n) is 3.94. The topological polar surface area (TPSA) is 50.5 Å².